The minimum Gasteiger partial charge on any atom is -0.323 e. The molecule has 0 unspecified atom stereocenters. The summed E-state index contributed by atoms with van der Waals surface area (Å²) in [5.41, 5.74) is 7.64. The number of carbonyl (C=O) groups is 1. The number of thiazole rings is 1. The predicted octanol–water partition coefficient (Wildman–Crippen LogP) is 2.54. The summed E-state index contributed by atoms with van der Waals surface area (Å²) in [5, 5.41) is 2.84. The van der Waals surface area contributed by atoms with E-state index in [1.807, 2.05) is 25.1 Å². The minimum atomic E-state index is -0.265. The van der Waals surface area contributed by atoms with Gasteiger partial charge in [0.05, 0.1) is 27.0 Å². The standard InChI is InChI=1S/C14H13N5OS/c1-8-4-12(19-15)10(6-16-8)14(20)18-9-2-3-11-13(5-9)21-7-17-11/h2-7H,15H2,1H3,(H,16,19)(H,18,20). The molecule has 0 fully saturated rings. The zero-order chi connectivity index (χ0) is 14.8. The molecule has 0 bridgehead atoms. The first-order valence-electron chi connectivity index (χ1n) is 6.25. The topological polar surface area (TPSA) is 92.9 Å². The van der Waals surface area contributed by atoms with Crippen molar-refractivity contribution in [3.05, 3.63) is 47.2 Å². The van der Waals surface area contributed by atoms with Crippen LogP contribution in [0.25, 0.3) is 10.2 Å². The van der Waals surface area contributed by atoms with Crippen molar-refractivity contribution in [3.8, 4) is 0 Å². The number of aromatic nitrogens is 2. The Morgan fingerprint density at radius 1 is 1.29 bits per heavy atom. The first kappa shape index (κ1) is 13.5. The molecule has 6 nitrogen and oxygen atoms in total. The van der Waals surface area contributed by atoms with Gasteiger partial charge in [-0.15, -0.1) is 11.3 Å². The lowest BCUT2D eigenvalue weighted by atomic mass is 10.2. The molecule has 3 rings (SSSR count). The van der Waals surface area contributed by atoms with Crippen LogP contribution in [-0.4, -0.2) is 15.9 Å². The van der Waals surface area contributed by atoms with Gasteiger partial charge in [-0.1, -0.05) is 0 Å². The van der Waals surface area contributed by atoms with E-state index in [0.717, 1.165) is 15.9 Å². The summed E-state index contributed by atoms with van der Waals surface area (Å²) in [7, 11) is 0. The van der Waals surface area contributed by atoms with Gasteiger partial charge in [-0.3, -0.25) is 15.6 Å². The average Bonchev–Trinajstić information content (AvgIpc) is 2.94. The maximum Gasteiger partial charge on any atom is 0.259 e. The number of hydrazine groups is 1. The van der Waals surface area contributed by atoms with E-state index in [1.54, 1.807) is 11.6 Å². The molecule has 0 atom stereocenters. The summed E-state index contributed by atoms with van der Waals surface area (Å²) in [6, 6.07) is 7.30. The van der Waals surface area contributed by atoms with E-state index >= 15 is 0 Å². The van der Waals surface area contributed by atoms with E-state index in [4.69, 9.17) is 5.84 Å². The molecule has 2 aromatic heterocycles. The summed E-state index contributed by atoms with van der Waals surface area (Å²) >= 11 is 1.53. The number of benzene rings is 1. The maximum atomic E-state index is 12.3. The Kier molecular flexibility index (Phi) is 3.51. The van der Waals surface area contributed by atoms with Crippen LogP contribution < -0.4 is 16.6 Å². The van der Waals surface area contributed by atoms with E-state index in [0.29, 0.717) is 16.9 Å². The first-order valence-corrected chi connectivity index (χ1v) is 7.13. The van der Waals surface area contributed by atoms with Crippen LogP contribution in [0, 0.1) is 6.92 Å². The van der Waals surface area contributed by atoms with Crippen LogP contribution in [0.2, 0.25) is 0 Å². The van der Waals surface area contributed by atoms with E-state index in [9.17, 15) is 4.79 Å². The molecule has 106 valence electrons. The number of anilines is 2. The Balaban J connectivity index is 1.88. The quantitative estimate of drug-likeness (QED) is 0.510. The highest BCUT2D eigenvalue weighted by molar-refractivity contribution is 7.16. The van der Waals surface area contributed by atoms with Crippen molar-refractivity contribution in [3.63, 3.8) is 0 Å². The van der Waals surface area contributed by atoms with Crippen molar-refractivity contribution in [2.45, 2.75) is 6.92 Å². The molecule has 0 saturated carbocycles. The average molecular weight is 299 g/mol. The molecule has 2 heterocycles. The Morgan fingerprint density at radius 2 is 2.14 bits per heavy atom. The first-order chi connectivity index (χ1) is 10.2. The monoisotopic (exact) mass is 299 g/mol. The van der Waals surface area contributed by atoms with Gasteiger partial charge >= 0.3 is 0 Å². The second-order valence-corrected chi connectivity index (χ2v) is 5.39. The Hall–Kier alpha value is -2.51. The number of nitrogens with zero attached hydrogens (tertiary/aromatic N) is 2. The van der Waals surface area contributed by atoms with Crippen LogP contribution in [0.15, 0.2) is 36.0 Å². The molecule has 0 spiro atoms. The number of hydrogen-bond donors (Lipinski definition) is 3. The summed E-state index contributed by atoms with van der Waals surface area (Å²) < 4.78 is 1.02. The zero-order valence-corrected chi connectivity index (χ0v) is 12.1. The van der Waals surface area contributed by atoms with E-state index < -0.39 is 0 Å². The number of fused-ring (bicyclic) bond motifs is 1. The van der Waals surface area contributed by atoms with Crippen molar-refractivity contribution in [1.29, 1.82) is 0 Å². The number of hydrogen-bond acceptors (Lipinski definition) is 6. The summed E-state index contributed by atoms with van der Waals surface area (Å²) in [5.74, 6) is 5.18. The number of rotatable bonds is 3. The minimum absolute atomic E-state index is 0.265. The highest BCUT2D eigenvalue weighted by Crippen LogP contribution is 2.23. The number of amides is 1. The van der Waals surface area contributed by atoms with Gasteiger partial charge in [0.1, 0.15) is 0 Å². The second-order valence-electron chi connectivity index (χ2n) is 4.50. The fourth-order valence-electron chi connectivity index (χ4n) is 1.99. The highest BCUT2D eigenvalue weighted by atomic mass is 32.1. The van der Waals surface area contributed by atoms with Crippen LogP contribution in [0.3, 0.4) is 0 Å². The van der Waals surface area contributed by atoms with E-state index in [-0.39, 0.29) is 5.91 Å². The fourth-order valence-corrected chi connectivity index (χ4v) is 2.71. The number of nitrogens with one attached hydrogen (secondary N) is 2. The van der Waals surface area contributed by atoms with Crippen molar-refractivity contribution in [1.82, 2.24) is 9.97 Å². The van der Waals surface area contributed by atoms with Crippen molar-refractivity contribution < 1.29 is 4.79 Å². The van der Waals surface area contributed by atoms with Gasteiger partial charge in [0.15, 0.2) is 0 Å². The largest absolute Gasteiger partial charge is 0.323 e. The van der Waals surface area contributed by atoms with Gasteiger partial charge in [0, 0.05) is 17.6 Å². The molecule has 1 amide bonds. The van der Waals surface area contributed by atoms with Crippen LogP contribution in [-0.2, 0) is 0 Å². The van der Waals surface area contributed by atoms with Crippen LogP contribution in [0.4, 0.5) is 11.4 Å². The van der Waals surface area contributed by atoms with Crippen molar-refractivity contribution in [2.75, 3.05) is 10.7 Å². The Morgan fingerprint density at radius 3 is 2.95 bits per heavy atom. The fraction of sp³-hybridized carbons (Fsp3) is 0.0714. The SMILES string of the molecule is Cc1cc(NN)c(C(=O)Nc2ccc3ncsc3c2)cn1. The highest BCUT2D eigenvalue weighted by Gasteiger charge is 2.12. The summed E-state index contributed by atoms with van der Waals surface area (Å²) in [4.78, 5) is 20.7. The normalized spacial score (nSPS) is 10.6. The molecular formula is C14H13N5OS. The lowest BCUT2D eigenvalue weighted by Crippen LogP contribution is -2.17. The molecule has 0 aliphatic heterocycles. The molecule has 0 radical (unpaired) electrons. The summed E-state index contributed by atoms with van der Waals surface area (Å²) in [6.07, 6.45) is 1.51. The smallest absolute Gasteiger partial charge is 0.259 e. The lowest BCUT2D eigenvalue weighted by molar-refractivity contribution is 0.102. The van der Waals surface area contributed by atoms with E-state index in [1.165, 1.54) is 17.5 Å². The molecule has 0 saturated heterocycles. The van der Waals surface area contributed by atoms with Gasteiger partial charge in [0.2, 0.25) is 0 Å². The molecule has 7 heteroatoms. The van der Waals surface area contributed by atoms with Gasteiger partial charge < -0.3 is 10.7 Å². The van der Waals surface area contributed by atoms with Gasteiger partial charge in [-0.2, -0.15) is 0 Å². The second kappa shape index (κ2) is 5.47. The van der Waals surface area contributed by atoms with Crippen LogP contribution >= 0.6 is 11.3 Å². The third-order valence-corrected chi connectivity index (χ3v) is 3.82. The molecule has 21 heavy (non-hydrogen) atoms. The van der Waals surface area contributed by atoms with Crippen molar-refractivity contribution >= 4 is 38.8 Å². The van der Waals surface area contributed by atoms with Gasteiger partial charge in [0.25, 0.3) is 5.91 Å². The predicted molar refractivity (Wildman–Crippen MR) is 84.4 cm³/mol. The molecule has 0 aliphatic carbocycles. The lowest BCUT2D eigenvalue weighted by Gasteiger charge is -2.10. The zero-order valence-electron chi connectivity index (χ0n) is 11.3. The Bertz CT molecular complexity index is 814. The number of nitrogen functional groups attached to an aromatic ring is 1. The third kappa shape index (κ3) is 2.69. The van der Waals surface area contributed by atoms with Gasteiger partial charge in [-0.25, -0.2) is 4.98 Å². The van der Waals surface area contributed by atoms with Crippen molar-refractivity contribution in [2.24, 2.45) is 5.84 Å². The molecular weight excluding hydrogens is 286 g/mol. The van der Waals surface area contributed by atoms with Crippen LogP contribution in [0.1, 0.15) is 16.1 Å². The number of aryl methyl sites for hydroxylation is 1. The van der Waals surface area contributed by atoms with E-state index in [2.05, 4.69) is 20.7 Å². The van der Waals surface area contributed by atoms with Gasteiger partial charge in [-0.05, 0) is 31.2 Å². The third-order valence-electron chi connectivity index (χ3n) is 3.03. The molecule has 4 N–H and O–H groups in total. The molecule has 3 aromatic rings. The number of pyridine rings is 1. The number of nitrogens with two attached hydrogens (primary N) is 1. The summed E-state index contributed by atoms with van der Waals surface area (Å²) in [6.45, 7) is 1.83. The number of carbonyl (C=O) groups excluding carboxylic acids is 1. The Labute approximate surface area is 125 Å². The van der Waals surface area contributed by atoms with Crippen LogP contribution in [0.5, 0.6) is 0 Å². The molecule has 0 aliphatic rings. The maximum absolute atomic E-state index is 12.3. The molecule has 1 aromatic carbocycles.